The van der Waals surface area contributed by atoms with Crippen LogP contribution < -0.4 is 0 Å². The van der Waals surface area contributed by atoms with Crippen LogP contribution in [0.2, 0.25) is 0 Å². The Morgan fingerprint density at radius 1 is 0.374 bits per heavy atom. The van der Waals surface area contributed by atoms with E-state index < -0.39 is 89.7 Å². The van der Waals surface area contributed by atoms with E-state index in [4.69, 9.17) is 5.26 Å². The molecule has 0 aliphatic carbocycles. The van der Waals surface area contributed by atoms with Crippen LogP contribution in [0, 0.1) is 29.1 Å². The van der Waals surface area contributed by atoms with Crippen LogP contribution in [0.3, 0.4) is 0 Å². The summed E-state index contributed by atoms with van der Waals surface area (Å²) >= 11 is 0. The first-order chi connectivity index (χ1) is 66.7. The predicted molar refractivity (Wildman–Crippen MR) is 621 cm³/mol. The van der Waals surface area contributed by atoms with E-state index in [1.807, 2.05) is 236 Å². The van der Waals surface area contributed by atoms with E-state index in [1.165, 1.54) is 83.8 Å². The summed E-state index contributed by atoms with van der Waals surface area (Å²) in [5.74, 6) is 2.61. The first kappa shape index (κ1) is 144. The summed E-state index contributed by atoms with van der Waals surface area (Å²) in [6, 6.07) is 65.1. The van der Waals surface area contributed by atoms with Gasteiger partial charge in [0.15, 0.2) is 19.7 Å². The Morgan fingerprint density at radius 2 is 0.714 bits per heavy atom. The molecule has 842 valence electrons. The molecule has 2 heterocycles. The molecular formula is C112H192N8O18S9. The lowest BCUT2D eigenvalue weighted by Crippen LogP contribution is -2.48. The zero-order valence-corrected chi connectivity index (χ0v) is 104. The van der Waals surface area contributed by atoms with Gasteiger partial charge >= 0.3 is 0 Å². The summed E-state index contributed by atoms with van der Waals surface area (Å²) in [5, 5.41) is 8.58. The molecule has 2 fully saturated rings. The molecule has 9 rings (SSSR count). The van der Waals surface area contributed by atoms with E-state index in [0.29, 0.717) is 52.3 Å². The molecule has 26 nitrogen and oxygen atoms in total. The zero-order chi connectivity index (χ0) is 115. The lowest BCUT2D eigenvalue weighted by atomic mass is 9.86. The van der Waals surface area contributed by atoms with Crippen molar-refractivity contribution in [2.45, 2.75) is 332 Å². The van der Waals surface area contributed by atoms with Crippen LogP contribution in [-0.2, 0) is 117 Å². The van der Waals surface area contributed by atoms with Gasteiger partial charge in [0.05, 0.1) is 74.7 Å². The number of sulfone groups is 3. The van der Waals surface area contributed by atoms with Gasteiger partial charge in [-0.2, -0.15) is 22.5 Å². The van der Waals surface area contributed by atoms with Gasteiger partial charge in [-0.05, 0) is 245 Å². The highest BCUT2D eigenvalue weighted by Gasteiger charge is 2.33. The van der Waals surface area contributed by atoms with Crippen molar-refractivity contribution in [1.82, 2.24) is 30.7 Å². The molecule has 0 atom stereocenters. The smallest absolute Gasteiger partial charge is 0.243 e. The minimum atomic E-state index is -3.30. The molecule has 0 bridgehead atoms. The van der Waals surface area contributed by atoms with Crippen molar-refractivity contribution in [3.63, 3.8) is 0 Å². The van der Waals surface area contributed by atoms with Gasteiger partial charge in [0.2, 0.25) is 60.1 Å². The van der Waals surface area contributed by atoms with Crippen LogP contribution in [0.4, 0.5) is 0 Å². The molecule has 0 saturated carbocycles. The van der Waals surface area contributed by atoms with Crippen LogP contribution in [-0.4, -0.2) is 250 Å². The quantitative estimate of drug-likeness (QED) is 0.0461. The Kier molecular flexibility index (Phi) is 65.2. The molecular weight excluding hydrogens is 2030 g/mol. The van der Waals surface area contributed by atoms with E-state index in [1.54, 1.807) is 84.4 Å². The average molecular weight is 2230 g/mol. The number of benzene rings is 7. The molecule has 7 aromatic carbocycles. The number of rotatable bonds is 27. The summed E-state index contributed by atoms with van der Waals surface area (Å²) in [6.07, 6.45) is 10.5. The second-order valence-electron chi connectivity index (χ2n) is 44.9. The first-order valence-electron chi connectivity index (χ1n) is 50.7. The molecule has 35 heteroatoms. The van der Waals surface area contributed by atoms with Crippen molar-refractivity contribution < 1.29 is 75.8 Å². The molecule has 2 aliphatic rings. The summed E-state index contributed by atoms with van der Waals surface area (Å²) in [7, 11) is -22.4. The minimum absolute atomic E-state index is 0.00119. The Labute approximate surface area is 898 Å². The number of nitrogens with zero attached hydrogens (tertiary/aromatic N) is 8. The van der Waals surface area contributed by atoms with Crippen LogP contribution in [0.15, 0.2) is 210 Å². The monoisotopic (exact) mass is 2230 g/mol. The number of hydrogen-bond donors (Lipinski definition) is 0. The van der Waals surface area contributed by atoms with Crippen molar-refractivity contribution >= 4 is 89.7 Å². The summed E-state index contributed by atoms with van der Waals surface area (Å²) < 4.78 is 213. The van der Waals surface area contributed by atoms with Crippen LogP contribution in [0.1, 0.15) is 299 Å². The SMILES string of the molecule is CC(C)(C)N(CCN1CCCCC1)S(C)(=O)=O.CC(C)(C)c1ccc(C#N)cc1.CC(C)(C)c1ccccc1.CC(C)CS(=O)(=O)Cc1ccccc1.CC(C)CS(=O)(=O)c1ccccc1.CC(C)CS(C)(=O)=O.CC(C)N(C)S(=O)(=O)Cc1ccccc1.CC(C)N(C)S(=O)(=O)c1ccccc1.CC(C)N(C)S(C)(=O)=O.CC(C)N1CCCS1(=O)=O.CC(C)c1ccc(C(C)(C)C)cc1.CCCN(C(C)(C)C)S(C)(=O)=O. The molecule has 2 aliphatic heterocycles. The normalized spacial score (nSPS) is 14.0. The Hall–Kier alpha value is -6.70. The highest BCUT2D eigenvalue weighted by molar-refractivity contribution is 7.92. The second kappa shape index (κ2) is 66.4. The summed E-state index contributed by atoms with van der Waals surface area (Å²) in [4.78, 5) is 3.13. The van der Waals surface area contributed by atoms with Crippen molar-refractivity contribution in [2.24, 2.45) is 17.8 Å². The molecule has 0 radical (unpaired) electrons. The van der Waals surface area contributed by atoms with E-state index in [-0.39, 0.29) is 86.8 Å². The molecule has 2 saturated heterocycles. The highest BCUT2D eigenvalue weighted by Crippen LogP contribution is 2.28. The maximum Gasteiger partial charge on any atom is 0.243 e. The number of hydrogen-bond acceptors (Lipinski definition) is 20. The molecule has 0 N–H and O–H groups in total. The minimum Gasteiger partial charge on any atom is -0.302 e. The van der Waals surface area contributed by atoms with E-state index >= 15 is 0 Å². The van der Waals surface area contributed by atoms with Gasteiger partial charge in [0, 0.05) is 88.8 Å². The molecule has 0 unspecified atom stereocenters. The third kappa shape index (κ3) is 64.8. The third-order valence-corrected chi connectivity index (χ3v) is 38.3. The lowest BCUT2D eigenvalue weighted by Gasteiger charge is -2.35. The van der Waals surface area contributed by atoms with Crippen molar-refractivity contribution in [2.75, 3.05) is 108 Å². The number of sulfonamides is 6. The van der Waals surface area contributed by atoms with Gasteiger partial charge in [-0.3, -0.25) is 0 Å². The topological polar surface area (TPSA) is 354 Å². The van der Waals surface area contributed by atoms with Gasteiger partial charge in [0.1, 0.15) is 9.84 Å². The molecule has 0 aromatic heterocycles. The van der Waals surface area contributed by atoms with Crippen LogP contribution >= 0.6 is 0 Å². The number of piperidine rings is 1. The molecule has 7 aromatic rings. The van der Waals surface area contributed by atoms with E-state index in [2.05, 4.69) is 142 Å². The summed E-state index contributed by atoms with van der Waals surface area (Å²) in [6.45, 7) is 69.2. The number of likely N-dealkylation sites (tertiary alicyclic amines) is 1. The molecule has 0 amide bonds. The van der Waals surface area contributed by atoms with Crippen LogP contribution in [0.25, 0.3) is 0 Å². The van der Waals surface area contributed by atoms with Gasteiger partial charge in [-0.15, -0.1) is 0 Å². The fourth-order valence-corrected chi connectivity index (χ4v) is 27.0. The molecule has 147 heavy (non-hydrogen) atoms. The standard InChI is InChI=1S/C13H20.C12H26N2O2S.C11H17NO2S.C11H13N.C11H16O2S.C10H15NO2S.C10H14O2S.C10H14.C8H19NO2S.C6H13NO2S.C5H13NO2S.C5H12O2S/c1-10(2)11-6-8-12(9-7-11)13(3,4)5;1-12(2,3)14(17(4,15)16)11-10-13-8-6-5-7-9-13;1-10(2)12(3)15(13,14)9-11-7-5-4-6-8-11;1-11(2,3)10-6-4-9(8-12)5-7-10;1-10(2)8-14(12,13)9-11-6-4-3-5-7-11;1-9(2)11(3)14(12,13)10-7-5-4-6-8-10;1-9(2)8-13(11,12)10-6-4-3-5-7-10;1-10(2,3)9-7-5-4-6-8-9;1-6-7-9(8(2,3)4)12(5,10)11;1-6(2)7-4-3-5-10(7,8)9;1-5(2)6(3)9(4,7)8;1-5(2)4-8(3,6)7/h6-10H,1-5H3;5-11H2,1-4H3;4-8,10H,9H2,1-3H3;4-7H,1-3H3;3-7,10H,8-9H2,1-2H3;4-9H,1-3H3;3-7,9H,8H2,1-2H3;4-8H,1-3H3;6-7H2,1-5H3;6H,3-5H2,1-2H3;5H,1-4H3;5H,4H2,1-3H3. The van der Waals surface area contributed by atoms with Gasteiger partial charge in [-0.25, -0.2) is 84.4 Å². The largest absolute Gasteiger partial charge is 0.302 e. The predicted octanol–water partition coefficient (Wildman–Crippen LogP) is 22.3. The number of nitriles is 1. The maximum atomic E-state index is 11.9. The van der Waals surface area contributed by atoms with Gasteiger partial charge in [0.25, 0.3) is 0 Å². The highest BCUT2D eigenvalue weighted by atomic mass is 32.2. The van der Waals surface area contributed by atoms with E-state index in [9.17, 15) is 75.8 Å². The molecule has 0 spiro atoms. The fraction of sp³-hybridized carbons (Fsp3) is 0.616. The van der Waals surface area contributed by atoms with Gasteiger partial charge in [-0.1, -0.05) is 295 Å². The Balaban J connectivity index is -0.00000155. The van der Waals surface area contributed by atoms with Gasteiger partial charge < -0.3 is 4.90 Å². The van der Waals surface area contributed by atoms with Crippen molar-refractivity contribution in [3.05, 3.63) is 239 Å². The Morgan fingerprint density at radius 3 is 0.980 bits per heavy atom. The van der Waals surface area contributed by atoms with Crippen molar-refractivity contribution in [3.8, 4) is 6.07 Å². The Bertz CT molecular complexity index is 5960. The van der Waals surface area contributed by atoms with Crippen molar-refractivity contribution in [1.29, 1.82) is 5.26 Å². The second-order valence-corrected chi connectivity index (χ2v) is 63.2. The fourth-order valence-electron chi connectivity index (χ4n) is 14.0. The average Bonchev–Trinajstić information content (AvgIpc) is 1.62. The maximum absolute atomic E-state index is 11.9. The first-order valence-corrected chi connectivity index (χ1v) is 66.4. The zero-order valence-electron chi connectivity index (χ0n) is 96.8. The summed E-state index contributed by atoms with van der Waals surface area (Å²) in [5.41, 5.74) is 8.03. The van der Waals surface area contributed by atoms with Crippen LogP contribution in [0.5, 0.6) is 0 Å². The lowest BCUT2D eigenvalue weighted by molar-refractivity contribution is 0.180. The third-order valence-electron chi connectivity index (χ3n) is 22.3. The van der Waals surface area contributed by atoms with E-state index in [0.717, 1.165) is 49.2 Å².